The van der Waals surface area contributed by atoms with Crippen LogP contribution in [0.3, 0.4) is 0 Å². The molecule has 0 amide bonds. The molecule has 0 atom stereocenters. The van der Waals surface area contributed by atoms with Gasteiger partial charge in [0.15, 0.2) is 0 Å². The Morgan fingerprint density at radius 3 is 2.08 bits per heavy atom. The van der Waals surface area contributed by atoms with Crippen molar-refractivity contribution in [3.05, 3.63) is 0 Å². The Labute approximate surface area is 85.2 Å². The summed E-state index contributed by atoms with van der Waals surface area (Å²) >= 11 is 2.05. The van der Waals surface area contributed by atoms with Crippen molar-refractivity contribution < 1.29 is 0 Å². The maximum absolute atomic E-state index is 5.90. The van der Waals surface area contributed by atoms with Gasteiger partial charge in [-0.3, -0.25) is 4.90 Å². The molecule has 13 heavy (non-hydrogen) atoms. The van der Waals surface area contributed by atoms with E-state index in [1.54, 1.807) is 0 Å². The van der Waals surface area contributed by atoms with Crippen LogP contribution in [0, 0.1) is 0 Å². The van der Waals surface area contributed by atoms with Crippen molar-refractivity contribution in [1.29, 1.82) is 0 Å². The Bertz CT molecular complexity index is 155. The average molecular weight is 200 g/mol. The highest BCUT2D eigenvalue weighted by Gasteiger charge is 2.41. The molecule has 2 N–H and O–H groups in total. The molecule has 2 aliphatic heterocycles. The number of rotatable bonds is 2. The molecule has 2 heterocycles. The van der Waals surface area contributed by atoms with Gasteiger partial charge < -0.3 is 5.73 Å². The molecule has 2 rings (SSSR count). The monoisotopic (exact) mass is 200 g/mol. The molecule has 0 unspecified atom stereocenters. The molecule has 3 heteroatoms. The van der Waals surface area contributed by atoms with E-state index in [9.17, 15) is 0 Å². The van der Waals surface area contributed by atoms with E-state index < -0.39 is 0 Å². The number of nitrogens with two attached hydrogens (primary N) is 1. The molecule has 0 aromatic rings. The minimum absolute atomic E-state index is 0.398. The van der Waals surface area contributed by atoms with Crippen LogP contribution >= 0.6 is 11.8 Å². The zero-order valence-electron chi connectivity index (χ0n) is 8.30. The van der Waals surface area contributed by atoms with Crippen molar-refractivity contribution >= 4 is 11.8 Å². The summed E-state index contributed by atoms with van der Waals surface area (Å²) in [6.45, 7) is 3.44. The lowest BCUT2D eigenvalue weighted by Gasteiger charge is -2.49. The Hall–Kier alpha value is 0.270. The lowest BCUT2D eigenvalue weighted by atomic mass is 10.0. The molecular weight excluding hydrogens is 180 g/mol. The van der Waals surface area contributed by atoms with Gasteiger partial charge in [0, 0.05) is 18.1 Å². The Morgan fingerprint density at radius 2 is 1.69 bits per heavy atom. The number of likely N-dealkylation sites (tertiary alicyclic amines) is 1. The van der Waals surface area contributed by atoms with Crippen LogP contribution in [0.5, 0.6) is 0 Å². The van der Waals surface area contributed by atoms with Crippen molar-refractivity contribution in [3.63, 3.8) is 0 Å². The quantitative estimate of drug-likeness (QED) is 0.729. The van der Waals surface area contributed by atoms with Gasteiger partial charge in [0.25, 0.3) is 0 Å². The third kappa shape index (κ3) is 1.88. The van der Waals surface area contributed by atoms with E-state index in [0.717, 1.165) is 6.54 Å². The maximum atomic E-state index is 5.90. The van der Waals surface area contributed by atoms with E-state index >= 15 is 0 Å². The topological polar surface area (TPSA) is 29.3 Å². The first-order valence-corrected chi connectivity index (χ1v) is 6.56. The molecule has 0 spiro atoms. The number of nitrogens with zero attached hydrogens (tertiary/aromatic N) is 1. The fraction of sp³-hybridized carbons (Fsp3) is 1.00. The van der Waals surface area contributed by atoms with Gasteiger partial charge >= 0.3 is 0 Å². The van der Waals surface area contributed by atoms with Gasteiger partial charge in [0.05, 0.1) is 5.54 Å². The summed E-state index contributed by atoms with van der Waals surface area (Å²) in [6, 6.07) is 0. The third-order valence-electron chi connectivity index (χ3n) is 3.40. The van der Waals surface area contributed by atoms with Gasteiger partial charge in [0.2, 0.25) is 0 Å². The minimum atomic E-state index is 0.398. The standard InChI is InChI=1S/C10H20N2S/c11-7-10(8-13-9-10)12-5-3-1-2-4-6-12/h1-9,11H2. The summed E-state index contributed by atoms with van der Waals surface area (Å²) in [5.41, 5.74) is 6.29. The minimum Gasteiger partial charge on any atom is -0.329 e. The maximum Gasteiger partial charge on any atom is 0.0511 e. The third-order valence-corrected chi connectivity index (χ3v) is 4.88. The van der Waals surface area contributed by atoms with Crippen molar-refractivity contribution in [2.75, 3.05) is 31.1 Å². The highest BCUT2D eigenvalue weighted by molar-refractivity contribution is 8.00. The predicted molar refractivity (Wildman–Crippen MR) is 59.2 cm³/mol. The molecular formula is C10H20N2S. The van der Waals surface area contributed by atoms with E-state index in [1.165, 1.54) is 50.3 Å². The first-order valence-electron chi connectivity index (χ1n) is 5.40. The van der Waals surface area contributed by atoms with Crippen LogP contribution in [-0.2, 0) is 0 Å². The lowest BCUT2D eigenvalue weighted by molar-refractivity contribution is 0.131. The molecule has 2 nitrogen and oxygen atoms in total. The highest BCUT2D eigenvalue weighted by atomic mass is 32.2. The van der Waals surface area contributed by atoms with Crippen LogP contribution in [0.25, 0.3) is 0 Å². The zero-order valence-corrected chi connectivity index (χ0v) is 9.11. The first-order chi connectivity index (χ1) is 6.37. The Morgan fingerprint density at radius 1 is 1.08 bits per heavy atom. The zero-order chi connectivity index (χ0) is 9.15. The molecule has 0 radical (unpaired) electrons. The van der Waals surface area contributed by atoms with E-state index in [-0.39, 0.29) is 0 Å². The van der Waals surface area contributed by atoms with E-state index in [0.29, 0.717) is 5.54 Å². The van der Waals surface area contributed by atoms with Gasteiger partial charge in [0.1, 0.15) is 0 Å². The summed E-state index contributed by atoms with van der Waals surface area (Å²) in [4.78, 5) is 2.66. The van der Waals surface area contributed by atoms with Crippen molar-refractivity contribution in [2.45, 2.75) is 31.2 Å². The number of hydrogen-bond donors (Lipinski definition) is 1. The highest BCUT2D eigenvalue weighted by Crippen LogP contribution is 2.35. The summed E-state index contributed by atoms with van der Waals surface area (Å²) in [5, 5.41) is 0. The largest absolute Gasteiger partial charge is 0.329 e. The Kier molecular flexibility index (Phi) is 3.17. The summed E-state index contributed by atoms with van der Waals surface area (Å²) in [7, 11) is 0. The van der Waals surface area contributed by atoms with Gasteiger partial charge in [-0.2, -0.15) is 11.8 Å². The predicted octanol–water partition coefficient (Wildman–Crippen LogP) is 1.31. The van der Waals surface area contributed by atoms with E-state index in [2.05, 4.69) is 4.90 Å². The second kappa shape index (κ2) is 4.20. The smallest absolute Gasteiger partial charge is 0.0511 e. The van der Waals surface area contributed by atoms with E-state index in [4.69, 9.17) is 5.73 Å². The molecule has 2 aliphatic rings. The Balaban J connectivity index is 1.95. The SMILES string of the molecule is NCC1(N2CCCCCC2)CSC1. The average Bonchev–Trinajstić information content (AvgIpc) is 2.32. The molecule has 2 fully saturated rings. The normalized spacial score (nSPS) is 29.3. The summed E-state index contributed by atoms with van der Waals surface area (Å²) in [5.74, 6) is 2.53. The van der Waals surface area contributed by atoms with Gasteiger partial charge in [-0.15, -0.1) is 0 Å². The molecule has 0 saturated carbocycles. The molecule has 0 aromatic carbocycles. The van der Waals surface area contributed by atoms with Crippen LogP contribution in [0.1, 0.15) is 25.7 Å². The fourth-order valence-corrected chi connectivity index (χ4v) is 3.59. The van der Waals surface area contributed by atoms with Crippen LogP contribution < -0.4 is 5.73 Å². The van der Waals surface area contributed by atoms with Gasteiger partial charge in [-0.05, 0) is 25.9 Å². The van der Waals surface area contributed by atoms with Crippen LogP contribution in [0.4, 0.5) is 0 Å². The molecule has 0 aromatic heterocycles. The first kappa shape index (κ1) is 9.81. The molecule has 0 aliphatic carbocycles. The number of hydrogen-bond acceptors (Lipinski definition) is 3. The van der Waals surface area contributed by atoms with Gasteiger partial charge in [-0.25, -0.2) is 0 Å². The summed E-state index contributed by atoms with van der Waals surface area (Å²) in [6.07, 6.45) is 5.60. The van der Waals surface area contributed by atoms with Crippen molar-refractivity contribution in [2.24, 2.45) is 5.73 Å². The second-order valence-electron chi connectivity index (χ2n) is 4.32. The number of thioether (sulfide) groups is 1. The van der Waals surface area contributed by atoms with Crippen LogP contribution in [0.2, 0.25) is 0 Å². The van der Waals surface area contributed by atoms with Crippen molar-refractivity contribution in [3.8, 4) is 0 Å². The molecule has 0 bridgehead atoms. The molecule has 2 saturated heterocycles. The van der Waals surface area contributed by atoms with Crippen LogP contribution in [0.15, 0.2) is 0 Å². The van der Waals surface area contributed by atoms with Crippen molar-refractivity contribution in [1.82, 2.24) is 4.90 Å². The molecule has 76 valence electrons. The fourth-order valence-electron chi connectivity index (χ4n) is 2.31. The van der Waals surface area contributed by atoms with Gasteiger partial charge in [-0.1, -0.05) is 12.8 Å². The van der Waals surface area contributed by atoms with Crippen LogP contribution in [-0.4, -0.2) is 41.6 Å². The second-order valence-corrected chi connectivity index (χ2v) is 5.31. The van der Waals surface area contributed by atoms with E-state index in [1.807, 2.05) is 11.8 Å². The summed E-state index contributed by atoms with van der Waals surface area (Å²) < 4.78 is 0. The lowest BCUT2D eigenvalue weighted by Crippen LogP contribution is -2.62.